The van der Waals surface area contributed by atoms with Crippen molar-refractivity contribution >= 4 is 27.3 Å². The fourth-order valence-electron chi connectivity index (χ4n) is 2.99. The zero-order valence-electron chi connectivity index (χ0n) is 13.6. The summed E-state index contributed by atoms with van der Waals surface area (Å²) >= 11 is 5.79. The Morgan fingerprint density at radius 2 is 2.00 bits per heavy atom. The van der Waals surface area contributed by atoms with Crippen LogP contribution in [0, 0.1) is 10.1 Å². The summed E-state index contributed by atoms with van der Waals surface area (Å²) in [6, 6.07) is 3.98. The van der Waals surface area contributed by atoms with E-state index in [4.69, 9.17) is 11.6 Å². The van der Waals surface area contributed by atoms with Gasteiger partial charge in [0, 0.05) is 30.2 Å². The Morgan fingerprint density at radius 1 is 1.33 bits per heavy atom. The van der Waals surface area contributed by atoms with Gasteiger partial charge in [-0.25, -0.2) is 13.1 Å². The summed E-state index contributed by atoms with van der Waals surface area (Å²) in [5.41, 5.74) is -0.479. The minimum Gasteiger partial charge on any atom is -0.302 e. The zero-order chi connectivity index (χ0) is 17.7. The first-order valence-electron chi connectivity index (χ1n) is 7.95. The predicted molar refractivity (Wildman–Crippen MR) is 92.8 cm³/mol. The second kappa shape index (κ2) is 8.24. The van der Waals surface area contributed by atoms with Crippen molar-refractivity contribution in [3.05, 3.63) is 33.3 Å². The molecule has 0 bridgehead atoms. The fraction of sp³-hybridized carbons (Fsp3) is 0.600. The van der Waals surface area contributed by atoms with Crippen LogP contribution in [0.2, 0.25) is 5.02 Å². The Labute approximate surface area is 147 Å². The standard InChI is InChI=1S/C15H22ClN3O4S/c1-18(13-5-3-2-4-6-13)10-9-17-24(22,23)15-11-12(16)7-8-14(15)19(20)21/h7-8,11,13,17H,2-6,9-10H2,1H3. The summed E-state index contributed by atoms with van der Waals surface area (Å²) in [6.45, 7) is 0.747. The van der Waals surface area contributed by atoms with Crippen molar-refractivity contribution in [3.8, 4) is 0 Å². The van der Waals surface area contributed by atoms with Gasteiger partial charge >= 0.3 is 0 Å². The van der Waals surface area contributed by atoms with Crippen LogP contribution in [-0.2, 0) is 10.0 Å². The third kappa shape index (κ3) is 4.89. The molecule has 1 aliphatic rings. The van der Waals surface area contributed by atoms with E-state index in [2.05, 4.69) is 9.62 Å². The molecule has 1 saturated carbocycles. The number of hydrogen-bond donors (Lipinski definition) is 1. The van der Waals surface area contributed by atoms with E-state index in [0.717, 1.165) is 25.0 Å². The molecule has 9 heteroatoms. The maximum absolute atomic E-state index is 12.4. The highest BCUT2D eigenvalue weighted by molar-refractivity contribution is 7.89. The topological polar surface area (TPSA) is 92.6 Å². The summed E-state index contributed by atoms with van der Waals surface area (Å²) in [5, 5.41) is 11.2. The van der Waals surface area contributed by atoms with E-state index >= 15 is 0 Å². The molecule has 0 amide bonds. The molecule has 7 nitrogen and oxygen atoms in total. The summed E-state index contributed by atoms with van der Waals surface area (Å²) in [6.07, 6.45) is 5.92. The highest BCUT2D eigenvalue weighted by atomic mass is 35.5. The van der Waals surface area contributed by atoms with Crippen LogP contribution in [0.4, 0.5) is 5.69 Å². The van der Waals surface area contributed by atoms with E-state index in [9.17, 15) is 18.5 Å². The first-order chi connectivity index (χ1) is 11.3. The number of nitro benzene ring substituents is 1. The highest BCUT2D eigenvalue weighted by Crippen LogP contribution is 2.27. The second-order valence-electron chi connectivity index (χ2n) is 6.04. The molecule has 1 aromatic rings. The molecular weight excluding hydrogens is 354 g/mol. The second-order valence-corrected chi connectivity index (χ2v) is 8.21. The molecular formula is C15H22ClN3O4S. The monoisotopic (exact) mass is 375 g/mol. The minimum atomic E-state index is -3.99. The largest absolute Gasteiger partial charge is 0.302 e. The predicted octanol–water partition coefficient (Wildman–Crippen LogP) is 2.79. The van der Waals surface area contributed by atoms with Crippen LogP contribution in [0.3, 0.4) is 0 Å². The van der Waals surface area contributed by atoms with Gasteiger partial charge < -0.3 is 4.90 Å². The van der Waals surface area contributed by atoms with Crippen LogP contribution in [0.15, 0.2) is 23.1 Å². The van der Waals surface area contributed by atoms with Crippen LogP contribution in [0.5, 0.6) is 0 Å². The molecule has 0 aromatic heterocycles. The molecule has 0 saturated heterocycles. The Kier molecular flexibility index (Phi) is 6.56. The molecule has 0 aliphatic heterocycles. The number of rotatable bonds is 7. The van der Waals surface area contributed by atoms with Gasteiger partial charge in [-0.05, 0) is 32.0 Å². The molecule has 1 aliphatic carbocycles. The SMILES string of the molecule is CN(CCNS(=O)(=O)c1cc(Cl)ccc1[N+](=O)[O-])C1CCCCC1. The van der Waals surface area contributed by atoms with E-state index in [1.807, 2.05) is 7.05 Å². The number of nitro groups is 1. The molecule has 0 atom stereocenters. The average molecular weight is 376 g/mol. The van der Waals surface area contributed by atoms with Crippen molar-refractivity contribution in [2.75, 3.05) is 20.1 Å². The Hall–Kier alpha value is -1.22. The first-order valence-corrected chi connectivity index (χ1v) is 9.81. The van der Waals surface area contributed by atoms with Crippen LogP contribution in [0.1, 0.15) is 32.1 Å². The van der Waals surface area contributed by atoms with Crippen molar-refractivity contribution < 1.29 is 13.3 Å². The van der Waals surface area contributed by atoms with Crippen LogP contribution >= 0.6 is 11.6 Å². The third-order valence-corrected chi connectivity index (χ3v) is 6.09. The molecule has 0 radical (unpaired) electrons. The van der Waals surface area contributed by atoms with E-state index in [0.29, 0.717) is 12.6 Å². The Balaban J connectivity index is 2.01. The van der Waals surface area contributed by atoms with Gasteiger partial charge in [0.1, 0.15) is 0 Å². The van der Waals surface area contributed by atoms with E-state index in [-0.39, 0.29) is 11.6 Å². The lowest BCUT2D eigenvalue weighted by atomic mass is 9.94. The van der Waals surface area contributed by atoms with Gasteiger partial charge in [0.05, 0.1) is 4.92 Å². The van der Waals surface area contributed by atoms with Crippen molar-refractivity contribution in [2.45, 2.75) is 43.0 Å². The number of benzene rings is 1. The van der Waals surface area contributed by atoms with E-state index in [1.165, 1.54) is 25.3 Å². The van der Waals surface area contributed by atoms with Gasteiger partial charge in [0.25, 0.3) is 5.69 Å². The quantitative estimate of drug-likeness (QED) is 0.584. The van der Waals surface area contributed by atoms with Crippen LogP contribution in [0.25, 0.3) is 0 Å². The molecule has 1 fully saturated rings. The van der Waals surface area contributed by atoms with Crippen molar-refractivity contribution in [2.24, 2.45) is 0 Å². The first kappa shape index (κ1) is 19.1. The van der Waals surface area contributed by atoms with Gasteiger partial charge in [-0.15, -0.1) is 0 Å². The molecule has 1 aromatic carbocycles. The lowest BCUT2D eigenvalue weighted by Crippen LogP contribution is -2.39. The summed E-state index contributed by atoms with van der Waals surface area (Å²) in [4.78, 5) is 12.1. The smallest absolute Gasteiger partial charge is 0.289 e. The normalized spacial score (nSPS) is 16.5. The third-order valence-electron chi connectivity index (χ3n) is 4.36. The molecule has 1 N–H and O–H groups in total. The number of sulfonamides is 1. The van der Waals surface area contributed by atoms with Crippen LogP contribution < -0.4 is 4.72 Å². The summed E-state index contributed by atoms with van der Waals surface area (Å²) in [7, 11) is -2.01. The molecule has 0 heterocycles. The fourth-order valence-corrected chi connectivity index (χ4v) is 4.44. The minimum absolute atomic E-state index is 0.139. The molecule has 2 rings (SSSR count). The highest BCUT2D eigenvalue weighted by Gasteiger charge is 2.26. The molecule has 24 heavy (non-hydrogen) atoms. The Morgan fingerprint density at radius 3 is 2.62 bits per heavy atom. The summed E-state index contributed by atoms with van der Waals surface area (Å²) < 4.78 is 27.2. The van der Waals surface area contributed by atoms with Gasteiger partial charge in [-0.3, -0.25) is 10.1 Å². The molecule has 134 valence electrons. The maximum Gasteiger partial charge on any atom is 0.289 e. The lowest BCUT2D eigenvalue weighted by Gasteiger charge is -2.31. The number of nitrogens with zero attached hydrogens (tertiary/aromatic N) is 2. The van der Waals surface area contributed by atoms with Gasteiger partial charge in [-0.2, -0.15) is 0 Å². The van der Waals surface area contributed by atoms with Gasteiger partial charge in [-0.1, -0.05) is 30.9 Å². The maximum atomic E-state index is 12.4. The lowest BCUT2D eigenvalue weighted by molar-refractivity contribution is -0.387. The number of hydrogen-bond acceptors (Lipinski definition) is 5. The molecule has 0 unspecified atom stereocenters. The van der Waals surface area contributed by atoms with E-state index < -0.39 is 25.5 Å². The zero-order valence-corrected chi connectivity index (χ0v) is 15.1. The van der Waals surface area contributed by atoms with Crippen molar-refractivity contribution in [1.82, 2.24) is 9.62 Å². The van der Waals surface area contributed by atoms with E-state index in [1.54, 1.807) is 0 Å². The number of likely N-dealkylation sites (N-methyl/N-ethyl adjacent to an activating group) is 1. The average Bonchev–Trinajstić information content (AvgIpc) is 2.55. The Bertz CT molecular complexity index is 690. The summed E-state index contributed by atoms with van der Waals surface area (Å²) in [5.74, 6) is 0. The van der Waals surface area contributed by atoms with Gasteiger partial charge in [0.2, 0.25) is 10.0 Å². The van der Waals surface area contributed by atoms with Crippen molar-refractivity contribution in [1.29, 1.82) is 0 Å². The molecule has 0 spiro atoms. The van der Waals surface area contributed by atoms with Crippen LogP contribution in [-0.4, -0.2) is 44.4 Å². The number of nitrogens with one attached hydrogen (secondary N) is 1. The number of halogens is 1. The van der Waals surface area contributed by atoms with Gasteiger partial charge in [0.15, 0.2) is 4.90 Å². The van der Waals surface area contributed by atoms with Crippen molar-refractivity contribution in [3.63, 3.8) is 0 Å².